The predicted molar refractivity (Wildman–Crippen MR) is 109 cm³/mol. The second kappa shape index (κ2) is 8.25. The molecule has 1 N–H and O–H groups in total. The number of halogens is 3. The molecular weight excluding hydrogens is 409 g/mol. The van der Waals surface area contributed by atoms with Gasteiger partial charge in [-0.25, -0.2) is 4.68 Å². The molecule has 0 saturated carbocycles. The van der Waals surface area contributed by atoms with E-state index in [-0.39, 0.29) is 18.0 Å². The fraction of sp³-hybridized carbons (Fsp3) is 0.227. The largest absolute Gasteiger partial charge is 0.416 e. The highest BCUT2D eigenvalue weighted by atomic mass is 19.4. The summed E-state index contributed by atoms with van der Waals surface area (Å²) in [6.45, 7) is 0.671. The monoisotopic (exact) mass is 428 g/mol. The Balaban J connectivity index is 1.52. The first-order valence-electron chi connectivity index (χ1n) is 9.72. The van der Waals surface area contributed by atoms with Gasteiger partial charge in [0.25, 0.3) is 0 Å². The van der Waals surface area contributed by atoms with Crippen LogP contribution in [0.3, 0.4) is 0 Å². The molecule has 2 aromatic carbocycles. The number of hydrogen-bond donors (Lipinski definition) is 1. The maximum absolute atomic E-state index is 13.2. The summed E-state index contributed by atoms with van der Waals surface area (Å²) in [4.78, 5) is 26.1. The number of nitrogens with zero attached hydrogens (tertiary/aromatic N) is 3. The number of carbonyl (C=O) groups excluding carboxylic acids is 2. The minimum Gasteiger partial charge on any atom is -0.324 e. The van der Waals surface area contributed by atoms with Crippen molar-refractivity contribution in [1.29, 1.82) is 0 Å². The summed E-state index contributed by atoms with van der Waals surface area (Å²) in [6, 6.07) is 11.8. The number of alkyl halides is 3. The predicted octanol–water partition coefficient (Wildman–Crippen LogP) is 4.20. The van der Waals surface area contributed by atoms with E-state index >= 15 is 0 Å². The van der Waals surface area contributed by atoms with E-state index in [9.17, 15) is 22.8 Å². The van der Waals surface area contributed by atoms with Gasteiger partial charge in [-0.2, -0.15) is 18.3 Å². The van der Waals surface area contributed by atoms with Crippen molar-refractivity contribution in [3.63, 3.8) is 0 Å². The van der Waals surface area contributed by atoms with Crippen LogP contribution in [0.25, 0.3) is 5.69 Å². The van der Waals surface area contributed by atoms with Crippen molar-refractivity contribution in [2.75, 3.05) is 16.8 Å². The molecule has 9 heteroatoms. The molecule has 0 radical (unpaired) electrons. The lowest BCUT2D eigenvalue weighted by atomic mass is 10.1. The quantitative estimate of drug-likeness (QED) is 0.663. The highest BCUT2D eigenvalue weighted by Crippen LogP contribution is 2.33. The molecule has 2 amide bonds. The SMILES string of the molecule is O=C(Cc1ccc(N2CCCC2=O)cc1)Nc1cc(C(F)(F)F)ccc1-n1cccn1. The van der Waals surface area contributed by atoms with Crippen LogP contribution in [0.15, 0.2) is 60.9 Å². The van der Waals surface area contributed by atoms with Crippen molar-refractivity contribution < 1.29 is 22.8 Å². The van der Waals surface area contributed by atoms with Gasteiger partial charge in [0.05, 0.1) is 23.4 Å². The van der Waals surface area contributed by atoms with E-state index in [1.165, 1.54) is 16.9 Å². The van der Waals surface area contributed by atoms with Gasteiger partial charge in [-0.3, -0.25) is 9.59 Å². The van der Waals surface area contributed by atoms with Crippen LogP contribution in [0, 0.1) is 0 Å². The lowest BCUT2D eigenvalue weighted by molar-refractivity contribution is -0.137. The molecule has 4 rings (SSSR count). The molecule has 1 saturated heterocycles. The minimum absolute atomic E-state index is 0.0165. The molecule has 160 valence electrons. The number of carbonyl (C=O) groups is 2. The first-order chi connectivity index (χ1) is 14.8. The fourth-order valence-electron chi connectivity index (χ4n) is 3.52. The normalized spacial score (nSPS) is 14.2. The van der Waals surface area contributed by atoms with Gasteiger partial charge in [0.15, 0.2) is 0 Å². The van der Waals surface area contributed by atoms with Gasteiger partial charge in [0.1, 0.15) is 0 Å². The molecule has 6 nitrogen and oxygen atoms in total. The van der Waals surface area contributed by atoms with E-state index in [4.69, 9.17) is 0 Å². The Morgan fingerprint density at radius 3 is 2.52 bits per heavy atom. The number of anilines is 2. The number of amides is 2. The van der Waals surface area contributed by atoms with Gasteiger partial charge in [-0.1, -0.05) is 12.1 Å². The first kappa shape index (κ1) is 20.6. The Hall–Kier alpha value is -3.62. The second-order valence-electron chi connectivity index (χ2n) is 7.22. The van der Waals surface area contributed by atoms with Gasteiger partial charge >= 0.3 is 6.18 Å². The maximum Gasteiger partial charge on any atom is 0.416 e. The molecule has 2 heterocycles. The summed E-state index contributed by atoms with van der Waals surface area (Å²) in [6.07, 6.45) is -0.140. The molecule has 0 aliphatic carbocycles. The molecule has 1 aliphatic heterocycles. The van der Waals surface area contributed by atoms with Gasteiger partial charge in [-0.15, -0.1) is 0 Å². The third kappa shape index (κ3) is 4.60. The lowest BCUT2D eigenvalue weighted by Gasteiger charge is -2.16. The third-order valence-corrected chi connectivity index (χ3v) is 5.04. The zero-order valence-electron chi connectivity index (χ0n) is 16.4. The Labute approximate surface area is 176 Å². The van der Waals surface area contributed by atoms with Crippen LogP contribution in [0.1, 0.15) is 24.0 Å². The van der Waals surface area contributed by atoms with Crippen LogP contribution in [0.4, 0.5) is 24.5 Å². The summed E-state index contributed by atoms with van der Waals surface area (Å²) in [5.74, 6) is -0.390. The van der Waals surface area contributed by atoms with Gasteiger partial charge in [0, 0.05) is 31.0 Å². The fourth-order valence-corrected chi connectivity index (χ4v) is 3.52. The average Bonchev–Trinajstić information content (AvgIpc) is 3.40. The number of aromatic nitrogens is 2. The van der Waals surface area contributed by atoms with Gasteiger partial charge in [0.2, 0.25) is 11.8 Å². The van der Waals surface area contributed by atoms with Gasteiger partial charge < -0.3 is 10.2 Å². The van der Waals surface area contributed by atoms with Crippen molar-refractivity contribution >= 4 is 23.2 Å². The summed E-state index contributed by atoms with van der Waals surface area (Å²) in [7, 11) is 0. The molecule has 1 aromatic heterocycles. The summed E-state index contributed by atoms with van der Waals surface area (Å²) < 4.78 is 40.9. The Morgan fingerprint density at radius 1 is 1.13 bits per heavy atom. The molecule has 3 aromatic rings. The van der Waals surface area contributed by atoms with Crippen molar-refractivity contribution in [3.05, 3.63) is 72.1 Å². The number of benzene rings is 2. The first-order valence-corrected chi connectivity index (χ1v) is 9.72. The maximum atomic E-state index is 13.2. The van der Waals surface area contributed by atoms with Crippen LogP contribution in [-0.4, -0.2) is 28.1 Å². The molecular formula is C22H19F3N4O2. The second-order valence-corrected chi connectivity index (χ2v) is 7.22. The van der Waals surface area contributed by atoms with Crippen molar-refractivity contribution in [3.8, 4) is 5.69 Å². The van der Waals surface area contributed by atoms with Crippen LogP contribution < -0.4 is 10.2 Å². The van der Waals surface area contributed by atoms with Crippen LogP contribution in [-0.2, 0) is 22.2 Å². The standard InChI is InChI=1S/C22H19F3N4O2/c23-22(24,25)16-6-9-19(29-12-2-10-26-29)18(14-16)27-20(30)13-15-4-7-17(8-5-15)28-11-1-3-21(28)31/h2,4-10,12,14H,1,3,11,13H2,(H,27,30). The van der Waals surface area contributed by atoms with E-state index in [1.54, 1.807) is 41.4 Å². The number of nitrogens with one attached hydrogen (secondary N) is 1. The smallest absolute Gasteiger partial charge is 0.324 e. The third-order valence-electron chi connectivity index (χ3n) is 5.04. The zero-order chi connectivity index (χ0) is 22.0. The van der Waals surface area contributed by atoms with E-state index in [1.807, 2.05) is 0 Å². The number of hydrogen-bond acceptors (Lipinski definition) is 3. The van der Waals surface area contributed by atoms with Crippen molar-refractivity contribution in [2.45, 2.75) is 25.4 Å². The molecule has 0 spiro atoms. The molecule has 0 bridgehead atoms. The highest BCUT2D eigenvalue weighted by molar-refractivity contribution is 5.96. The minimum atomic E-state index is -4.54. The Bertz CT molecular complexity index is 1090. The van der Waals surface area contributed by atoms with Crippen molar-refractivity contribution in [1.82, 2.24) is 9.78 Å². The zero-order valence-corrected chi connectivity index (χ0v) is 16.4. The van der Waals surface area contributed by atoms with Gasteiger partial charge in [-0.05, 0) is 48.4 Å². The van der Waals surface area contributed by atoms with Crippen molar-refractivity contribution in [2.24, 2.45) is 0 Å². The lowest BCUT2D eigenvalue weighted by Crippen LogP contribution is -2.23. The average molecular weight is 428 g/mol. The molecule has 1 aliphatic rings. The summed E-state index contributed by atoms with van der Waals surface area (Å²) in [5, 5.41) is 6.61. The van der Waals surface area contributed by atoms with E-state index in [2.05, 4.69) is 10.4 Å². The molecule has 0 unspecified atom stereocenters. The van der Waals surface area contributed by atoms with Crippen LogP contribution in [0.5, 0.6) is 0 Å². The topological polar surface area (TPSA) is 67.2 Å². The van der Waals surface area contributed by atoms with E-state index in [0.29, 0.717) is 24.2 Å². The van der Waals surface area contributed by atoms with Crippen LogP contribution >= 0.6 is 0 Å². The Morgan fingerprint density at radius 2 is 1.90 bits per heavy atom. The van der Waals surface area contributed by atoms with Crippen LogP contribution in [0.2, 0.25) is 0 Å². The number of rotatable bonds is 5. The Kier molecular flexibility index (Phi) is 5.50. The summed E-state index contributed by atoms with van der Waals surface area (Å²) >= 11 is 0. The molecule has 0 atom stereocenters. The molecule has 31 heavy (non-hydrogen) atoms. The summed E-state index contributed by atoms with van der Waals surface area (Å²) in [5.41, 5.74) is 0.932. The van der Waals surface area contributed by atoms with E-state index < -0.39 is 17.6 Å². The highest BCUT2D eigenvalue weighted by Gasteiger charge is 2.31. The molecule has 1 fully saturated rings. The van der Waals surface area contributed by atoms with E-state index in [0.717, 1.165) is 24.2 Å².